The molecule has 2 aromatic carbocycles. The lowest BCUT2D eigenvalue weighted by Gasteiger charge is -2.28. The molecule has 28 heavy (non-hydrogen) atoms. The lowest BCUT2D eigenvalue weighted by atomic mass is 10.1. The van der Waals surface area contributed by atoms with E-state index in [0.29, 0.717) is 13.0 Å². The molecular weight excluding hydrogens is 386 g/mol. The number of carbonyl (C=O) groups excluding carboxylic acids is 1. The minimum absolute atomic E-state index is 0.108. The highest BCUT2D eigenvalue weighted by Crippen LogP contribution is 2.23. The van der Waals surface area contributed by atoms with Gasteiger partial charge in [-0.05, 0) is 44.4 Å². The van der Waals surface area contributed by atoms with E-state index in [-0.39, 0.29) is 5.69 Å². The molecule has 1 N–H and O–H groups in total. The third-order valence-electron chi connectivity index (χ3n) is 4.27. The van der Waals surface area contributed by atoms with Gasteiger partial charge in [0.05, 0.1) is 11.9 Å². The van der Waals surface area contributed by atoms with Crippen molar-refractivity contribution in [2.24, 2.45) is 0 Å². The number of anilines is 1. The Morgan fingerprint density at radius 2 is 1.86 bits per heavy atom. The molecule has 1 atom stereocenters. The Morgan fingerprint density at radius 1 is 1.14 bits per heavy atom. The standard InChI is InChI=1S/C20H24F2N2O3S/c1-14-6-4-7-16(12-14)8-5-11-23-20(25)15(2)24(28(3,26)27)17-9-10-18(21)19(22)13-17/h4,6-7,9-10,12-13,15H,5,8,11H2,1-3H3,(H,23,25)/t15-/m0/s1. The van der Waals surface area contributed by atoms with Gasteiger partial charge in [-0.25, -0.2) is 17.2 Å². The van der Waals surface area contributed by atoms with E-state index in [0.717, 1.165) is 46.3 Å². The second-order valence-electron chi connectivity index (χ2n) is 6.72. The van der Waals surface area contributed by atoms with Crippen molar-refractivity contribution in [1.82, 2.24) is 5.32 Å². The molecule has 8 heteroatoms. The molecule has 2 rings (SSSR count). The zero-order chi connectivity index (χ0) is 20.9. The van der Waals surface area contributed by atoms with E-state index < -0.39 is 33.6 Å². The number of rotatable bonds is 8. The lowest BCUT2D eigenvalue weighted by Crippen LogP contribution is -2.48. The van der Waals surface area contributed by atoms with Gasteiger partial charge in [0.15, 0.2) is 11.6 Å². The van der Waals surface area contributed by atoms with Crippen LogP contribution in [0, 0.1) is 18.6 Å². The highest BCUT2D eigenvalue weighted by atomic mass is 32.2. The minimum Gasteiger partial charge on any atom is -0.354 e. The van der Waals surface area contributed by atoms with E-state index in [1.165, 1.54) is 6.92 Å². The third kappa shape index (κ3) is 5.76. The topological polar surface area (TPSA) is 66.5 Å². The Labute approximate surface area is 164 Å². The average molecular weight is 410 g/mol. The van der Waals surface area contributed by atoms with E-state index >= 15 is 0 Å². The van der Waals surface area contributed by atoms with E-state index in [4.69, 9.17) is 0 Å². The molecule has 0 aliphatic rings. The van der Waals surface area contributed by atoms with Gasteiger partial charge < -0.3 is 5.32 Å². The number of sulfonamides is 1. The van der Waals surface area contributed by atoms with Crippen molar-refractivity contribution in [3.05, 3.63) is 65.2 Å². The maximum atomic E-state index is 13.5. The molecule has 0 aromatic heterocycles. The maximum absolute atomic E-state index is 13.5. The number of benzene rings is 2. The molecule has 0 aliphatic heterocycles. The quantitative estimate of drug-likeness (QED) is 0.680. The van der Waals surface area contributed by atoms with Gasteiger partial charge in [0.1, 0.15) is 6.04 Å². The van der Waals surface area contributed by atoms with Crippen LogP contribution in [-0.2, 0) is 21.2 Å². The summed E-state index contributed by atoms with van der Waals surface area (Å²) >= 11 is 0. The molecular formula is C20H24F2N2O3S. The normalized spacial score (nSPS) is 12.5. The SMILES string of the molecule is Cc1cccc(CCCNC(=O)[C@H](C)N(c2ccc(F)c(F)c2)S(C)(=O)=O)c1. The molecule has 0 fully saturated rings. The molecule has 2 aromatic rings. The van der Waals surface area contributed by atoms with Crippen molar-refractivity contribution in [3.8, 4) is 0 Å². The molecule has 152 valence electrons. The molecule has 0 unspecified atom stereocenters. The zero-order valence-corrected chi connectivity index (χ0v) is 16.9. The number of amides is 1. The van der Waals surface area contributed by atoms with Gasteiger partial charge in [0.2, 0.25) is 15.9 Å². The van der Waals surface area contributed by atoms with Gasteiger partial charge in [-0.15, -0.1) is 0 Å². The first-order valence-corrected chi connectivity index (χ1v) is 10.7. The van der Waals surface area contributed by atoms with Crippen LogP contribution in [-0.4, -0.2) is 33.2 Å². The number of hydrogen-bond donors (Lipinski definition) is 1. The van der Waals surface area contributed by atoms with Crippen molar-refractivity contribution in [2.45, 2.75) is 32.7 Å². The van der Waals surface area contributed by atoms with E-state index in [1.807, 2.05) is 25.1 Å². The number of nitrogens with one attached hydrogen (secondary N) is 1. The first kappa shape index (κ1) is 21.8. The Morgan fingerprint density at radius 3 is 2.46 bits per heavy atom. The first-order valence-electron chi connectivity index (χ1n) is 8.87. The van der Waals surface area contributed by atoms with Crippen LogP contribution >= 0.6 is 0 Å². The maximum Gasteiger partial charge on any atom is 0.243 e. The summed E-state index contributed by atoms with van der Waals surface area (Å²) in [6.07, 6.45) is 2.37. The summed E-state index contributed by atoms with van der Waals surface area (Å²) in [5.41, 5.74) is 2.20. The highest BCUT2D eigenvalue weighted by Gasteiger charge is 2.29. The monoisotopic (exact) mass is 410 g/mol. The fourth-order valence-corrected chi connectivity index (χ4v) is 4.12. The van der Waals surface area contributed by atoms with E-state index in [9.17, 15) is 22.0 Å². The molecule has 0 heterocycles. The fourth-order valence-electron chi connectivity index (χ4n) is 2.95. The van der Waals surface area contributed by atoms with Crippen LogP contribution in [0.4, 0.5) is 14.5 Å². The van der Waals surface area contributed by atoms with Crippen LogP contribution in [0.2, 0.25) is 0 Å². The summed E-state index contributed by atoms with van der Waals surface area (Å²) < 4.78 is 51.8. The number of carbonyl (C=O) groups is 1. The summed E-state index contributed by atoms with van der Waals surface area (Å²) in [6.45, 7) is 3.77. The summed E-state index contributed by atoms with van der Waals surface area (Å²) in [6, 6.07) is 9.65. The summed E-state index contributed by atoms with van der Waals surface area (Å²) in [5, 5.41) is 2.70. The van der Waals surface area contributed by atoms with Gasteiger partial charge >= 0.3 is 0 Å². The van der Waals surface area contributed by atoms with E-state index in [1.54, 1.807) is 0 Å². The van der Waals surface area contributed by atoms with Crippen molar-refractivity contribution in [2.75, 3.05) is 17.1 Å². The zero-order valence-electron chi connectivity index (χ0n) is 16.1. The molecule has 0 radical (unpaired) electrons. The largest absolute Gasteiger partial charge is 0.354 e. The number of nitrogens with zero attached hydrogens (tertiary/aromatic N) is 1. The smallest absolute Gasteiger partial charge is 0.243 e. The van der Waals surface area contributed by atoms with Gasteiger partial charge in [0.25, 0.3) is 0 Å². The third-order valence-corrected chi connectivity index (χ3v) is 5.51. The number of hydrogen-bond acceptors (Lipinski definition) is 3. The van der Waals surface area contributed by atoms with Crippen LogP contribution in [0.25, 0.3) is 0 Å². The predicted molar refractivity (Wildman–Crippen MR) is 106 cm³/mol. The second-order valence-corrected chi connectivity index (χ2v) is 8.58. The van der Waals surface area contributed by atoms with Crippen LogP contribution in [0.1, 0.15) is 24.5 Å². The highest BCUT2D eigenvalue weighted by molar-refractivity contribution is 7.92. The number of halogens is 2. The van der Waals surface area contributed by atoms with Crippen LogP contribution in [0.15, 0.2) is 42.5 Å². The molecule has 5 nitrogen and oxygen atoms in total. The summed E-state index contributed by atoms with van der Waals surface area (Å²) in [4.78, 5) is 12.4. The molecule has 0 saturated heterocycles. The predicted octanol–water partition coefficient (Wildman–Crippen LogP) is 3.18. The number of aryl methyl sites for hydroxylation is 2. The van der Waals surface area contributed by atoms with Crippen LogP contribution < -0.4 is 9.62 Å². The average Bonchev–Trinajstić information content (AvgIpc) is 2.60. The van der Waals surface area contributed by atoms with Crippen molar-refractivity contribution < 1.29 is 22.0 Å². The Bertz CT molecular complexity index is 948. The lowest BCUT2D eigenvalue weighted by molar-refractivity contribution is -0.121. The summed E-state index contributed by atoms with van der Waals surface area (Å²) in [5.74, 6) is -2.79. The second kappa shape index (κ2) is 9.14. The van der Waals surface area contributed by atoms with Crippen molar-refractivity contribution in [3.63, 3.8) is 0 Å². The summed E-state index contributed by atoms with van der Waals surface area (Å²) in [7, 11) is -3.89. The van der Waals surface area contributed by atoms with Gasteiger partial charge in [-0.1, -0.05) is 29.8 Å². The fraction of sp³-hybridized carbons (Fsp3) is 0.350. The van der Waals surface area contributed by atoms with Crippen LogP contribution in [0.3, 0.4) is 0 Å². The Balaban J connectivity index is 2.02. The molecule has 0 spiro atoms. The van der Waals surface area contributed by atoms with Gasteiger partial charge in [0, 0.05) is 12.6 Å². The van der Waals surface area contributed by atoms with Crippen molar-refractivity contribution >= 4 is 21.6 Å². The molecule has 1 amide bonds. The van der Waals surface area contributed by atoms with E-state index in [2.05, 4.69) is 11.4 Å². The first-order chi connectivity index (χ1) is 13.1. The Kier molecular flexibility index (Phi) is 7.12. The van der Waals surface area contributed by atoms with Gasteiger partial charge in [-0.3, -0.25) is 9.10 Å². The molecule has 0 bridgehead atoms. The molecule has 0 saturated carbocycles. The molecule has 0 aliphatic carbocycles. The van der Waals surface area contributed by atoms with Gasteiger partial charge in [-0.2, -0.15) is 0 Å². The van der Waals surface area contributed by atoms with Crippen molar-refractivity contribution in [1.29, 1.82) is 0 Å². The minimum atomic E-state index is -3.89. The Hall–Kier alpha value is -2.48. The van der Waals surface area contributed by atoms with Crippen LogP contribution in [0.5, 0.6) is 0 Å².